The minimum Gasteiger partial charge on any atom is -0.439 e. The van der Waals surface area contributed by atoms with Crippen LogP contribution < -0.4 is 0 Å². The van der Waals surface area contributed by atoms with Crippen LogP contribution in [0.4, 0.5) is 4.79 Å². The Morgan fingerprint density at radius 1 is 1.09 bits per heavy atom. The molecule has 6 heteroatoms. The largest absolute Gasteiger partial charge is 0.439 e. The second-order valence-corrected chi connectivity index (χ2v) is 16.8. The lowest BCUT2D eigenvalue weighted by Gasteiger charge is -2.42. The molecule has 1 aliphatic rings. The predicted molar refractivity (Wildman–Crippen MR) is 147 cm³/mol. The maximum atomic E-state index is 12.6. The van der Waals surface area contributed by atoms with Crippen LogP contribution in [-0.4, -0.2) is 49.7 Å². The van der Waals surface area contributed by atoms with Crippen molar-refractivity contribution in [3.8, 4) is 0 Å². The molecule has 198 valence electrons. The van der Waals surface area contributed by atoms with Crippen LogP contribution >= 0.6 is 0 Å². The first-order valence-electron chi connectivity index (χ1n) is 13.4. The monoisotopic (exact) mass is 503 g/mol. The second kappa shape index (κ2) is 13.1. The number of allylic oxidation sites excluding steroid dienone is 1. The van der Waals surface area contributed by atoms with Crippen molar-refractivity contribution in [1.82, 2.24) is 4.90 Å². The van der Waals surface area contributed by atoms with Crippen molar-refractivity contribution in [3.63, 3.8) is 0 Å². The zero-order valence-corrected chi connectivity index (χ0v) is 24.2. The smallest absolute Gasteiger partial charge is 0.410 e. The molecule has 35 heavy (non-hydrogen) atoms. The molecular weight excluding hydrogens is 454 g/mol. The van der Waals surface area contributed by atoms with Crippen LogP contribution in [0.15, 0.2) is 43.0 Å². The molecule has 0 bridgehead atoms. The third-order valence-corrected chi connectivity index (χ3v) is 14.2. The number of cyclic esters (lactones) is 1. The molecule has 0 aliphatic carbocycles. The molecule has 0 radical (unpaired) electrons. The Kier molecular flexibility index (Phi) is 11.0. The van der Waals surface area contributed by atoms with Crippen molar-refractivity contribution < 1.29 is 19.1 Å². The molecule has 0 unspecified atom stereocenters. The molecular formula is C29H49NO4Si. The number of aliphatic hydroxyl groups excluding tert-OH is 1. The van der Waals surface area contributed by atoms with Crippen LogP contribution in [0, 0.1) is 11.8 Å². The third kappa shape index (κ3) is 6.99. The van der Waals surface area contributed by atoms with Crippen molar-refractivity contribution in [2.45, 2.75) is 103 Å². The van der Waals surface area contributed by atoms with E-state index >= 15 is 0 Å². The molecule has 0 saturated carbocycles. The quantitative estimate of drug-likeness (QED) is 0.213. The van der Waals surface area contributed by atoms with Crippen LogP contribution in [0.5, 0.6) is 0 Å². The lowest BCUT2D eigenvalue weighted by Crippen LogP contribution is -2.48. The van der Waals surface area contributed by atoms with Crippen LogP contribution in [0.2, 0.25) is 16.6 Å². The summed E-state index contributed by atoms with van der Waals surface area (Å²) in [6, 6.07) is 9.77. The number of carbonyl (C=O) groups excluding carboxylic acids is 1. The molecule has 1 amide bonds. The van der Waals surface area contributed by atoms with E-state index in [2.05, 4.69) is 48.1 Å². The molecule has 1 aromatic carbocycles. The number of carbonyl (C=O) groups is 1. The molecule has 0 spiro atoms. The Morgan fingerprint density at radius 3 is 2.17 bits per heavy atom. The van der Waals surface area contributed by atoms with Crippen LogP contribution in [0.1, 0.15) is 79.9 Å². The van der Waals surface area contributed by atoms with Gasteiger partial charge in [0.1, 0.15) is 6.10 Å². The number of ether oxygens (including phenoxy) is 1. The van der Waals surface area contributed by atoms with Crippen LogP contribution in [0.25, 0.3) is 0 Å². The number of rotatable bonds is 14. The van der Waals surface area contributed by atoms with Gasteiger partial charge in [-0.3, -0.25) is 0 Å². The highest BCUT2D eigenvalue weighted by atomic mass is 28.4. The number of aliphatic hydroxyl groups is 1. The minimum atomic E-state index is -1.90. The Morgan fingerprint density at radius 2 is 1.66 bits per heavy atom. The summed E-state index contributed by atoms with van der Waals surface area (Å²) in [5, 5.41) is 11.0. The standard InChI is InChI=1S/C29H49NO4Si/c1-10-25(16-17-33-35(20(2)3,21(4)5)22(6)7)18-27(31)23(8)19-30-24(9)28(34-29(30)32)26-14-12-11-13-15-26/h10-15,20-25,27-28,31H,1,16-19H2,2-9H3/t23-,24-,25+,27+,28-/m0/s1. The van der Waals surface area contributed by atoms with Crippen LogP contribution in [-0.2, 0) is 9.16 Å². The third-order valence-electron chi connectivity index (χ3n) is 8.09. The van der Waals surface area contributed by atoms with E-state index in [0.29, 0.717) is 36.2 Å². The molecule has 1 saturated heterocycles. The van der Waals surface area contributed by atoms with Gasteiger partial charge >= 0.3 is 6.09 Å². The fourth-order valence-electron chi connectivity index (χ4n) is 6.03. The van der Waals surface area contributed by atoms with Crippen molar-refractivity contribution in [2.75, 3.05) is 13.2 Å². The first-order valence-corrected chi connectivity index (χ1v) is 15.6. The molecule has 1 N–H and O–H groups in total. The number of hydrogen-bond acceptors (Lipinski definition) is 4. The summed E-state index contributed by atoms with van der Waals surface area (Å²) in [4.78, 5) is 14.4. The SMILES string of the molecule is C=C[C@H](CCO[Si](C(C)C)(C(C)C)C(C)C)C[C@@H](O)[C@@H](C)CN1C(=O)O[C@H](c2ccccc2)[C@@H]1C. The second-order valence-electron chi connectivity index (χ2n) is 11.3. The van der Waals surface area contributed by atoms with Gasteiger partial charge in [-0.25, -0.2) is 4.79 Å². The maximum absolute atomic E-state index is 12.6. The maximum Gasteiger partial charge on any atom is 0.410 e. The van der Waals surface area contributed by atoms with E-state index < -0.39 is 14.4 Å². The highest BCUT2D eigenvalue weighted by Crippen LogP contribution is 2.42. The zero-order chi connectivity index (χ0) is 26.3. The van der Waals surface area contributed by atoms with E-state index in [9.17, 15) is 9.90 Å². The summed E-state index contributed by atoms with van der Waals surface area (Å²) in [6.07, 6.45) is 2.30. The summed E-state index contributed by atoms with van der Waals surface area (Å²) in [6.45, 7) is 23.0. The minimum absolute atomic E-state index is 0.0710. The molecule has 1 heterocycles. The number of nitrogens with zero attached hydrogens (tertiary/aromatic N) is 1. The van der Waals surface area contributed by atoms with Crippen molar-refractivity contribution in [1.29, 1.82) is 0 Å². The van der Waals surface area contributed by atoms with Gasteiger partial charge in [-0.05, 0) is 53.8 Å². The topological polar surface area (TPSA) is 59.0 Å². The molecule has 0 aromatic heterocycles. The number of hydrogen-bond donors (Lipinski definition) is 1. The van der Waals surface area contributed by atoms with Gasteiger partial charge in [0.2, 0.25) is 0 Å². The summed E-state index contributed by atoms with van der Waals surface area (Å²) in [5.74, 6) is 0.101. The lowest BCUT2D eigenvalue weighted by molar-refractivity contribution is 0.0723. The van der Waals surface area contributed by atoms with Gasteiger partial charge in [-0.2, -0.15) is 0 Å². The fourth-order valence-corrected chi connectivity index (χ4v) is 11.5. The highest BCUT2D eigenvalue weighted by Gasteiger charge is 2.45. The summed E-state index contributed by atoms with van der Waals surface area (Å²) in [5.41, 5.74) is 2.66. The predicted octanol–water partition coefficient (Wildman–Crippen LogP) is 7.34. The van der Waals surface area contributed by atoms with E-state index in [1.807, 2.05) is 50.3 Å². The molecule has 2 rings (SSSR count). The summed E-state index contributed by atoms with van der Waals surface area (Å²) < 4.78 is 12.4. The first kappa shape index (κ1) is 29.6. The average Bonchev–Trinajstić information content (AvgIpc) is 3.08. The highest BCUT2D eigenvalue weighted by molar-refractivity contribution is 6.77. The van der Waals surface area contributed by atoms with Gasteiger partial charge in [0, 0.05) is 13.2 Å². The van der Waals surface area contributed by atoms with Crippen molar-refractivity contribution in [2.24, 2.45) is 11.8 Å². The van der Waals surface area contributed by atoms with Gasteiger partial charge < -0.3 is 19.2 Å². The Balaban J connectivity index is 1.92. The van der Waals surface area contributed by atoms with Gasteiger partial charge in [0.05, 0.1) is 12.1 Å². The first-order chi connectivity index (χ1) is 16.4. The Bertz CT molecular complexity index is 775. The summed E-state index contributed by atoms with van der Waals surface area (Å²) >= 11 is 0. The molecule has 1 aliphatic heterocycles. The molecule has 5 nitrogen and oxygen atoms in total. The molecule has 1 aromatic rings. The van der Waals surface area contributed by atoms with E-state index in [1.54, 1.807) is 4.90 Å². The van der Waals surface area contributed by atoms with Gasteiger partial charge in [0.15, 0.2) is 8.32 Å². The van der Waals surface area contributed by atoms with Gasteiger partial charge in [0.25, 0.3) is 0 Å². The van der Waals surface area contributed by atoms with E-state index in [1.165, 1.54) is 0 Å². The molecule has 1 fully saturated rings. The summed E-state index contributed by atoms with van der Waals surface area (Å²) in [7, 11) is -1.90. The van der Waals surface area contributed by atoms with E-state index in [-0.39, 0.29) is 30.1 Å². The Hall–Kier alpha value is -1.63. The zero-order valence-electron chi connectivity index (χ0n) is 23.2. The number of amides is 1. The van der Waals surface area contributed by atoms with Crippen LogP contribution in [0.3, 0.4) is 0 Å². The van der Waals surface area contributed by atoms with Crippen molar-refractivity contribution in [3.05, 3.63) is 48.6 Å². The van der Waals surface area contributed by atoms with E-state index in [4.69, 9.17) is 9.16 Å². The number of benzene rings is 1. The lowest BCUT2D eigenvalue weighted by atomic mass is 9.91. The van der Waals surface area contributed by atoms with Gasteiger partial charge in [-0.1, -0.05) is 84.9 Å². The molecule has 5 atom stereocenters. The average molecular weight is 504 g/mol. The van der Waals surface area contributed by atoms with Crippen molar-refractivity contribution >= 4 is 14.4 Å². The van der Waals surface area contributed by atoms with E-state index in [0.717, 1.165) is 12.0 Å². The Labute approximate surface area is 215 Å². The van der Waals surface area contributed by atoms with Gasteiger partial charge in [-0.15, -0.1) is 6.58 Å². The normalized spacial score (nSPS) is 21.5. The fraction of sp³-hybridized carbons (Fsp3) is 0.690.